The van der Waals surface area contributed by atoms with E-state index in [2.05, 4.69) is 0 Å². The van der Waals surface area contributed by atoms with Crippen LogP contribution in [0, 0.1) is 0 Å². The molecule has 2 N–H and O–H groups in total. The monoisotopic (exact) mass is 238 g/mol. The third-order valence-corrected chi connectivity index (χ3v) is 3.25. The van der Waals surface area contributed by atoms with Crippen LogP contribution in [0.2, 0.25) is 5.02 Å². The molecule has 1 aliphatic rings. The maximum atomic E-state index is 11.9. The number of likely N-dealkylation sites (tertiary alicyclic amines) is 1. The number of benzene rings is 1. The maximum Gasteiger partial charge on any atom is 0.227 e. The van der Waals surface area contributed by atoms with Crippen molar-refractivity contribution in [2.45, 2.75) is 18.9 Å². The first-order valence-electron chi connectivity index (χ1n) is 5.43. The van der Waals surface area contributed by atoms with Crippen LogP contribution in [0.15, 0.2) is 24.3 Å². The number of nitrogens with two attached hydrogens (primary N) is 1. The Balaban J connectivity index is 2.00. The molecule has 0 unspecified atom stereocenters. The van der Waals surface area contributed by atoms with Gasteiger partial charge >= 0.3 is 0 Å². The number of carbonyl (C=O) groups is 1. The summed E-state index contributed by atoms with van der Waals surface area (Å²) in [6.07, 6.45) is 1.26. The molecule has 0 aliphatic carbocycles. The van der Waals surface area contributed by atoms with Crippen molar-refractivity contribution in [1.82, 2.24) is 4.90 Å². The second-order valence-corrected chi connectivity index (χ2v) is 4.56. The van der Waals surface area contributed by atoms with Crippen LogP contribution in [-0.2, 0) is 11.2 Å². The summed E-state index contributed by atoms with van der Waals surface area (Å²) < 4.78 is 0. The first-order chi connectivity index (χ1) is 7.66. The van der Waals surface area contributed by atoms with E-state index in [-0.39, 0.29) is 11.9 Å². The van der Waals surface area contributed by atoms with Crippen molar-refractivity contribution in [3.8, 4) is 0 Å². The fourth-order valence-corrected chi connectivity index (χ4v) is 2.13. The molecule has 0 spiro atoms. The summed E-state index contributed by atoms with van der Waals surface area (Å²) in [5.74, 6) is 0.112. The van der Waals surface area contributed by atoms with Gasteiger partial charge in [0.15, 0.2) is 0 Å². The van der Waals surface area contributed by atoms with E-state index in [9.17, 15) is 4.79 Å². The number of rotatable bonds is 2. The van der Waals surface area contributed by atoms with Crippen molar-refractivity contribution in [2.24, 2.45) is 5.73 Å². The minimum Gasteiger partial charge on any atom is -0.341 e. The Morgan fingerprint density at radius 3 is 2.88 bits per heavy atom. The van der Waals surface area contributed by atoms with Crippen LogP contribution in [0.5, 0.6) is 0 Å². The highest BCUT2D eigenvalue weighted by molar-refractivity contribution is 6.31. The summed E-state index contributed by atoms with van der Waals surface area (Å²) in [4.78, 5) is 13.7. The van der Waals surface area contributed by atoms with Crippen LogP contribution >= 0.6 is 11.6 Å². The smallest absolute Gasteiger partial charge is 0.227 e. The van der Waals surface area contributed by atoms with Gasteiger partial charge in [0.2, 0.25) is 5.91 Å². The standard InChI is InChI=1S/C12H15ClN2O/c13-11-4-2-1-3-9(11)7-12(16)15-6-5-10(14)8-15/h1-4,10H,5-8,14H2/t10-/m1/s1. The van der Waals surface area contributed by atoms with Gasteiger partial charge in [-0.1, -0.05) is 29.8 Å². The highest BCUT2D eigenvalue weighted by Crippen LogP contribution is 2.17. The molecule has 2 rings (SSSR count). The molecule has 1 atom stereocenters. The zero-order valence-corrected chi connectivity index (χ0v) is 9.78. The molecule has 1 aromatic rings. The van der Waals surface area contributed by atoms with Gasteiger partial charge in [-0.2, -0.15) is 0 Å². The molecule has 1 aromatic carbocycles. The van der Waals surface area contributed by atoms with E-state index in [0.29, 0.717) is 18.0 Å². The summed E-state index contributed by atoms with van der Waals surface area (Å²) >= 11 is 6.01. The van der Waals surface area contributed by atoms with Gasteiger partial charge in [-0.25, -0.2) is 0 Å². The number of halogens is 1. The van der Waals surface area contributed by atoms with Gasteiger partial charge in [0.1, 0.15) is 0 Å². The minimum atomic E-state index is 0.112. The molecule has 86 valence electrons. The van der Waals surface area contributed by atoms with E-state index < -0.39 is 0 Å². The Morgan fingerprint density at radius 1 is 1.50 bits per heavy atom. The lowest BCUT2D eigenvalue weighted by molar-refractivity contribution is -0.129. The molecule has 1 heterocycles. The molecular formula is C12H15ClN2O. The molecule has 3 nitrogen and oxygen atoms in total. The number of carbonyl (C=O) groups excluding carboxylic acids is 1. The topological polar surface area (TPSA) is 46.3 Å². The Morgan fingerprint density at radius 2 is 2.25 bits per heavy atom. The quantitative estimate of drug-likeness (QED) is 0.848. The molecule has 0 saturated carbocycles. The number of hydrogen-bond acceptors (Lipinski definition) is 2. The van der Waals surface area contributed by atoms with Crippen LogP contribution in [0.4, 0.5) is 0 Å². The highest BCUT2D eigenvalue weighted by Gasteiger charge is 2.23. The zero-order valence-electron chi connectivity index (χ0n) is 9.03. The van der Waals surface area contributed by atoms with Crippen LogP contribution in [0.25, 0.3) is 0 Å². The number of nitrogens with zero attached hydrogens (tertiary/aromatic N) is 1. The second kappa shape index (κ2) is 4.85. The SMILES string of the molecule is N[C@@H]1CCN(C(=O)Cc2ccccc2Cl)C1. The van der Waals surface area contributed by atoms with Crippen LogP contribution in [0.1, 0.15) is 12.0 Å². The molecule has 1 aliphatic heterocycles. The summed E-state index contributed by atoms with van der Waals surface area (Å²) in [5, 5.41) is 0.652. The molecule has 0 bridgehead atoms. The lowest BCUT2D eigenvalue weighted by Crippen LogP contribution is -2.32. The summed E-state index contributed by atoms with van der Waals surface area (Å²) in [5.41, 5.74) is 6.65. The fourth-order valence-electron chi connectivity index (χ4n) is 1.93. The molecule has 1 saturated heterocycles. The Hall–Kier alpha value is -1.06. The minimum absolute atomic E-state index is 0.112. The van der Waals surface area contributed by atoms with Crippen molar-refractivity contribution in [3.63, 3.8) is 0 Å². The lowest BCUT2D eigenvalue weighted by Gasteiger charge is -2.16. The highest BCUT2D eigenvalue weighted by atomic mass is 35.5. The van der Waals surface area contributed by atoms with Crippen molar-refractivity contribution >= 4 is 17.5 Å². The molecule has 0 radical (unpaired) electrons. The molecule has 1 amide bonds. The lowest BCUT2D eigenvalue weighted by atomic mass is 10.1. The van der Waals surface area contributed by atoms with Crippen LogP contribution in [0.3, 0.4) is 0 Å². The van der Waals surface area contributed by atoms with Crippen molar-refractivity contribution < 1.29 is 4.79 Å². The van der Waals surface area contributed by atoms with E-state index >= 15 is 0 Å². The second-order valence-electron chi connectivity index (χ2n) is 4.16. The van der Waals surface area contributed by atoms with E-state index in [1.807, 2.05) is 23.1 Å². The molecule has 0 aromatic heterocycles. The summed E-state index contributed by atoms with van der Waals surface area (Å²) in [6.45, 7) is 1.44. The molecule has 16 heavy (non-hydrogen) atoms. The Kier molecular flexibility index (Phi) is 3.46. The van der Waals surface area contributed by atoms with Gasteiger partial charge in [0.25, 0.3) is 0 Å². The van der Waals surface area contributed by atoms with E-state index in [0.717, 1.165) is 18.5 Å². The predicted molar refractivity (Wildman–Crippen MR) is 64.3 cm³/mol. The first kappa shape index (κ1) is 11.4. The third kappa shape index (κ3) is 2.54. The predicted octanol–water partition coefficient (Wildman–Crippen LogP) is 1.44. The average Bonchev–Trinajstić information content (AvgIpc) is 2.68. The Labute approximate surface area is 100 Å². The largest absolute Gasteiger partial charge is 0.341 e. The molecular weight excluding hydrogens is 224 g/mol. The molecule has 4 heteroatoms. The van der Waals surface area contributed by atoms with Gasteiger partial charge in [0.05, 0.1) is 6.42 Å². The normalized spacial score (nSPS) is 20.1. The van der Waals surface area contributed by atoms with E-state index in [1.165, 1.54) is 0 Å². The van der Waals surface area contributed by atoms with Crippen molar-refractivity contribution in [2.75, 3.05) is 13.1 Å². The maximum absolute atomic E-state index is 11.9. The average molecular weight is 239 g/mol. The third-order valence-electron chi connectivity index (χ3n) is 2.88. The van der Waals surface area contributed by atoms with Crippen molar-refractivity contribution in [1.29, 1.82) is 0 Å². The zero-order chi connectivity index (χ0) is 11.5. The van der Waals surface area contributed by atoms with Gasteiger partial charge in [0, 0.05) is 24.2 Å². The van der Waals surface area contributed by atoms with E-state index in [1.54, 1.807) is 6.07 Å². The van der Waals surface area contributed by atoms with Crippen LogP contribution in [-0.4, -0.2) is 29.9 Å². The molecule has 1 fully saturated rings. The van der Waals surface area contributed by atoms with Gasteiger partial charge < -0.3 is 10.6 Å². The van der Waals surface area contributed by atoms with Gasteiger partial charge in [-0.3, -0.25) is 4.79 Å². The first-order valence-corrected chi connectivity index (χ1v) is 5.81. The summed E-state index contributed by atoms with van der Waals surface area (Å²) in [6, 6.07) is 7.58. The van der Waals surface area contributed by atoms with Crippen molar-refractivity contribution in [3.05, 3.63) is 34.9 Å². The Bertz CT molecular complexity index is 394. The van der Waals surface area contributed by atoms with E-state index in [4.69, 9.17) is 17.3 Å². The van der Waals surface area contributed by atoms with Gasteiger partial charge in [-0.15, -0.1) is 0 Å². The van der Waals surface area contributed by atoms with Crippen LogP contribution < -0.4 is 5.73 Å². The number of hydrogen-bond donors (Lipinski definition) is 1. The summed E-state index contributed by atoms with van der Waals surface area (Å²) in [7, 11) is 0. The number of amides is 1. The van der Waals surface area contributed by atoms with Gasteiger partial charge in [-0.05, 0) is 18.1 Å². The fraction of sp³-hybridized carbons (Fsp3) is 0.417.